The van der Waals surface area contributed by atoms with E-state index >= 15 is 0 Å². The first-order chi connectivity index (χ1) is 17.3. The quantitative estimate of drug-likeness (QED) is 0.315. The van der Waals surface area contributed by atoms with Gasteiger partial charge in [0.15, 0.2) is 11.5 Å². The fourth-order valence-electron chi connectivity index (χ4n) is 4.67. The molecule has 0 amide bonds. The third kappa shape index (κ3) is 3.88. The summed E-state index contributed by atoms with van der Waals surface area (Å²) >= 11 is 6.11. The van der Waals surface area contributed by atoms with Gasteiger partial charge in [-0.15, -0.1) is 0 Å². The molecule has 0 aliphatic carbocycles. The minimum atomic E-state index is -0.630. The van der Waals surface area contributed by atoms with Gasteiger partial charge < -0.3 is 19.4 Å². The largest absolute Gasteiger partial charge is 0.493 e. The lowest BCUT2D eigenvalue weighted by Gasteiger charge is -2.33. The van der Waals surface area contributed by atoms with Crippen LogP contribution in [0.4, 0.5) is 11.5 Å². The number of benzene rings is 2. The number of methoxy groups -OCH3 is 2. The van der Waals surface area contributed by atoms with Gasteiger partial charge in [-0.2, -0.15) is 0 Å². The summed E-state index contributed by atoms with van der Waals surface area (Å²) in [5, 5.41) is 12.0. The number of non-ortho nitro benzene ring substituents is 1. The molecule has 3 heterocycles. The maximum absolute atomic E-state index is 13.2. The molecule has 12 nitrogen and oxygen atoms in total. The summed E-state index contributed by atoms with van der Waals surface area (Å²) in [5.41, 5.74) is -0.753. The number of hydrogen-bond acceptors (Lipinski definition) is 9. The molecule has 0 bridgehead atoms. The van der Waals surface area contributed by atoms with Crippen molar-refractivity contribution in [2.45, 2.75) is 18.9 Å². The first-order valence-electron chi connectivity index (χ1n) is 11.1. The van der Waals surface area contributed by atoms with E-state index in [-0.39, 0.29) is 21.6 Å². The standard InChI is InChI=1S/C23H21ClN6O6/c1-35-18-9-14-17(10-19(18)36-2)25-11-26-21(14)28-5-3-12(4-6-28)29-22(31)15-7-13(30(33)34)8-16(24)20(15)27-23(29)32/h7-12H,3-6H2,1-2H3,(H,27,32). The zero-order chi connectivity index (χ0) is 25.6. The van der Waals surface area contributed by atoms with Crippen LogP contribution in [0, 0.1) is 10.1 Å². The van der Waals surface area contributed by atoms with E-state index in [1.54, 1.807) is 20.3 Å². The Kier molecular flexibility index (Phi) is 5.96. The van der Waals surface area contributed by atoms with Crippen molar-refractivity contribution >= 4 is 44.9 Å². The zero-order valence-electron chi connectivity index (χ0n) is 19.4. The van der Waals surface area contributed by atoms with Crippen LogP contribution < -0.4 is 25.6 Å². The van der Waals surface area contributed by atoms with Crippen LogP contribution in [-0.4, -0.2) is 51.8 Å². The molecule has 2 aromatic heterocycles. The van der Waals surface area contributed by atoms with Crippen LogP contribution in [0.25, 0.3) is 21.8 Å². The molecule has 1 N–H and O–H groups in total. The SMILES string of the molecule is COc1cc2ncnc(N3CCC(n4c(=O)[nH]c5c(Cl)cc([N+](=O)[O-])cc5c4=O)CC3)c2cc1OC. The van der Waals surface area contributed by atoms with E-state index in [4.69, 9.17) is 21.1 Å². The number of rotatable bonds is 5. The summed E-state index contributed by atoms with van der Waals surface area (Å²) in [7, 11) is 3.11. The Hall–Kier alpha value is -4.19. The Morgan fingerprint density at radius 2 is 1.75 bits per heavy atom. The van der Waals surface area contributed by atoms with Gasteiger partial charge in [-0.25, -0.2) is 14.8 Å². The molecule has 5 rings (SSSR count). The summed E-state index contributed by atoms with van der Waals surface area (Å²) in [6.07, 6.45) is 2.44. The van der Waals surface area contributed by atoms with Gasteiger partial charge >= 0.3 is 5.69 Å². The monoisotopic (exact) mass is 512 g/mol. The Balaban J connectivity index is 1.48. The Bertz CT molecular complexity index is 1630. The molecular weight excluding hydrogens is 492 g/mol. The molecule has 13 heteroatoms. The highest BCUT2D eigenvalue weighted by atomic mass is 35.5. The fraction of sp³-hybridized carbons (Fsp3) is 0.304. The Morgan fingerprint density at radius 1 is 1.06 bits per heavy atom. The number of halogens is 1. The van der Waals surface area contributed by atoms with E-state index in [9.17, 15) is 19.7 Å². The second-order valence-corrected chi connectivity index (χ2v) is 8.76. The van der Waals surface area contributed by atoms with Gasteiger partial charge in [0.05, 0.1) is 40.6 Å². The molecule has 1 aliphatic rings. The van der Waals surface area contributed by atoms with Crippen molar-refractivity contribution < 1.29 is 14.4 Å². The average Bonchev–Trinajstić information content (AvgIpc) is 2.88. The van der Waals surface area contributed by atoms with Gasteiger partial charge in [-0.05, 0) is 18.9 Å². The van der Waals surface area contributed by atoms with Crippen molar-refractivity contribution in [3.05, 3.63) is 66.6 Å². The maximum atomic E-state index is 13.2. The maximum Gasteiger partial charge on any atom is 0.329 e. The molecule has 0 spiro atoms. The lowest BCUT2D eigenvalue weighted by atomic mass is 10.0. The van der Waals surface area contributed by atoms with E-state index in [0.29, 0.717) is 48.8 Å². The number of fused-ring (bicyclic) bond motifs is 2. The normalized spacial score (nSPS) is 14.4. The number of anilines is 1. The number of nitrogens with zero attached hydrogens (tertiary/aromatic N) is 5. The topological polar surface area (TPSA) is 145 Å². The number of nitro groups is 1. The smallest absolute Gasteiger partial charge is 0.329 e. The van der Waals surface area contributed by atoms with Gasteiger partial charge in [0.2, 0.25) is 0 Å². The molecule has 2 aromatic carbocycles. The third-order valence-electron chi connectivity index (χ3n) is 6.43. The first kappa shape index (κ1) is 23.5. The van der Waals surface area contributed by atoms with Gasteiger partial charge in [-0.1, -0.05) is 11.6 Å². The highest BCUT2D eigenvalue weighted by Crippen LogP contribution is 2.36. The average molecular weight is 513 g/mol. The molecule has 1 aliphatic heterocycles. The number of piperidine rings is 1. The highest BCUT2D eigenvalue weighted by molar-refractivity contribution is 6.35. The van der Waals surface area contributed by atoms with Crippen LogP contribution in [0.2, 0.25) is 5.02 Å². The molecule has 0 saturated carbocycles. The molecule has 1 fully saturated rings. The van der Waals surface area contributed by atoms with Crippen LogP contribution in [0.3, 0.4) is 0 Å². The first-order valence-corrected chi connectivity index (χ1v) is 11.4. The van der Waals surface area contributed by atoms with E-state index in [0.717, 1.165) is 22.1 Å². The number of H-pyrrole nitrogens is 1. The molecular formula is C23H21ClN6O6. The molecule has 0 unspecified atom stereocenters. The van der Waals surface area contributed by atoms with Crippen molar-refractivity contribution in [3.63, 3.8) is 0 Å². The number of hydrogen-bond donors (Lipinski definition) is 1. The van der Waals surface area contributed by atoms with Gasteiger partial charge in [-0.3, -0.25) is 19.5 Å². The van der Waals surface area contributed by atoms with Crippen molar-refractivity contribution in [2.24, 2.45) is 0 Å². The van der Waals surface area contributed by atoms with Crippen LogP contribution in [0.15, 0.2) is 40.2 Å². The predicted octanol–water partition coefficient (Wildman–Crippen LogP) is 3.05. The number of aromatic amines is 1. The van der Waals surface area contributed by atoms with Crippen molar-refractivity contribution in [1.29, 1.82) is 0 Å². The summed E-state index contributed by atoms with van der Waals surface area (Å²) in [4.78, 5) is 50.2. The zero-order valence-corrected chi connectivity index (χ0v) is 20.1. The Labute approximate surface area is 208 Å². The molecule has 186 valence electrons. The summed E-state index contributed by atoms with van der Waals surface area (Å²) in [6.45, 7) is 1.04. The van der Waals surface area contributed by atoms with Gasteiger partial charge in [0.25, 0.3) is 11.2 Å². The lowest BCUT2D eigenvalue weighted by Crippen LogP contribution is -2.43. The van der Waals surface area contributed by atoms with Crippen LogP contribution in [0.1, 0.15) is 18.9 Å². The molecule has 4 aromatic rings. The predicted molar refractivity (Wildman–Crippen MR) is 134 cm³/mol. The lowest BCUT2D eigenvalue weighted by molar-refractivity contribution is -0.384. The summed E-state index contributed by atoms with van der Waals surface area (Å²) in [5.74, 6) is 1.82. The fourth-order valence-corrected chi connectivity index (χ4v) is 4.93. The molecule has 0 radical (unpaired) electrons. The minimum Gasteiger partial charge on any atom is -0.493 e. The highest BCUT2D eigenvalue weighted by Gasteiger charge is 2.27. The van der Waals surface area contributed by atoms with E-state index in [1.165, 1.54) is 6.33 Å². The van der Waals surface area contributed by atoms with Crippen molar-refractivity contribution in [3.8, 4) is 11.5 Å². The van der Waals surface area contributed by atoms with Crippen LogP contribution >= 0.6 is 11.6 Å². The number of nitrogens with one attached hydrogen (secondary N) is 1. The van der Waals surface area contributed by atoms with E-state index < -0.39 is 22.2 Å². The Morgan fingerprint density at radius 3 is 2.42 bits per heavy atom. The molecule has 0 atom stereocenters. The minimum absolute atomic E-state index is 0.000864. The summed E-state index contributed by atoms with van der Waals surface area (Å²) < 4.78 is 11.9. The van der Waals surface area contributed by atoms with Gasteiger partial charge in [0.1, 0.15) is 12.1 Å². The third-order valence-corrected chi connectivity index (χ3v) is 6.73. The van der Waals surface area contributed by atoms with Crippen LogP contribution in [0.5, 0.6) is 11.5 Å². The van der Waals surface area contributed by atoms with Crippen molar-refractivity contribution in [2.75, 3.05) is 32.2 Å². The van der Waals surface area contributed by atoms with E-state index in [2.05, 4.69) is 19.9 Å². The molecule has 36 heavy (non-hydrogen) atoms. The second kappa shape index (κ2) is 9.11. The van der Waals surface area contributed by atoms with Gasteiger partial charge in [0, 0.05) is 42.7 Å². The number of ether oxygens (including phenoxy) is 2. The number of aromatic nitrogens is 4. The van der Waals surface area contributed by atoms with Crippen molar-refractivity contribution in [1.82, 2.24) is 19.5 Å². The second-order valence-electron chi connectivity index (χ2n) is 8.35. The molecule has 1 saturated heterocycles. The number of nitro benzene ring substituents is 1. The van der Waals surface area contributed by atoms with Crippen LogP contribution in [-0.2, 0) is 0 Å². The van der Waals surface area contributed by atoms with E-state index in [1.807, 2.05) is 6.07 Å². The summed E-state index contributed by atoms with van der Waals surface area (Å²) in [6, 6.07) is 5.45.